The lowest BCUT2D eigenvalue weighted by Crippen LogP contribution is -2.47. The highest BCUT2D eigenvalue weighted by Crippen LogP contribution is 2.52. The molecule has 0 bridgehead atoms. The molecule has 1 saturated heterocycles. The standard InChI is InChI=1S/C42H50O3/c1-39(2,3)41(33-19-11-7-12-20-33,34-21-13-8-14-22-34)43-29-31-27-37-38(45-37)28-32(31)30-44-42(40(4,5)6,35-23-15-9-16-24-35)36-25-17-10-18-26-36/h7-26,31-32,37-38H,27-30H2,1-6H3/t31?,32?,37-,38+. The zero-order valence-electron chi connectivity index (χ0n) is 27.9. The minimum absolute atomic E-state index is 0.197. The number of hydrogen-bond donors (Lipinski definition) is 0. The normalized spacial score (nSPS) is 22.1. The van der Waals surface area contributed by atoms with Gasteiger partial charge >= 0.3 is 0 Å². The Labute approximate surface area is 271 Å². The summed E-state index contributed by atoms with van der Waals surface area (Å²) >= 11 is 0. The summed E-state index contributed by atoms with van der Waals surface area (Å²) in [5.74, 6) is 0.624. The van der Waals surface area contributed by atoms with Crippen molar-refractivity contribution in [2.24, 2.45) is 22.7 Å². The first-order valence-electron chi connectivity index (χ1n) is 16.7. The van der Waals surface area contributed by atoms with Gasteiger partial charge < -0.3 is 14.2 Å². The Morgan fingerprint density at radius 3 is 0.978 bits per heavy atom. The van der Waals surface area contributed by atoms with Crippen LogP contribution in [0.25, 0.3) is 0 Å². The predicted octanol–water partition coefficient (Wildman–Crippen LogP) is 9.79. The summed E-state index contributed by atoms with van der Waals surface area (Å²) in [6.45, 7) is 15.1. The molecule has 1 heterocycles. The first-order valence-corrected chi connectivity index (χ1v) is 16.7. The van der Waals surface area contributed by atoms with E-state index in [1.165, 1.54) is 22.3 Å². The van der Waals surface area contributed by atoms with Gasteiger partial charge in [0.2, 0.25) is 0 Å². The van der Waals surface area contributed by atoms with Gasteiger partial charge in [-0.05, 0) is 57.8 Å². The highest BCUT2D eigenvalue weighted by molar-refractivity contribution is 5.40. The molecule has 4 aromatic carbocycles. The van der Waals surface area contributed by atoms with E-state index < -0.39 is 11.2 Å². The average Bonchev–Trinajstić information content (AvgIpc) is 3.81. The molecule has 0 aromatic heterocycles. The van der Waals surface area contributed by atoms with E-state index in [1.807, 2.05) is 0 Å². The zero-order chi connectivity index (χ0) is 31.7. The molecule has 2 fully saturated rings. The number of ether oxygens (including phenoxy) is 3. The molecule has 2 aliphatic rings. The van der Waals surface area contributed by atoms with Crippen LogP contribution in [0.15, 0.2) is 121 Å². The van der Waals surface area contributed by atoms with E-state index in [-0.39, 0.29) is 10.8 Å². The fourth-order valence-electron chi connectivity index (χ4n) is 7.97. The summed E-state index contributed by atoms with van der Waals surface area (Å²) in [5, 5.41) is 0. The minimum atomic E-state index is -0.606. The van der Waals surface area contributed by atoms with Gasteiger partial charge in [0.1, 0.15) is 11.2 Å². The molecule has 2 unspecified atom stereocenters. The fraction of sp³-hybridized carbons (Fsp3) is 0.429. The fourth-order valence-corrected chi connectivity index (χ4v) is 7.97. The van der Waals surface area contributed by atoms with E-state index in [2.05, 4.69) is 163 Å². The highest BCUT2D eigenvalue weighted by atomic mass is 16.6. The van der Waals surface area contributed by atoms with E-state index >= 15 is 0 Å². The van der Waals surface area contributed by atoms with Crippen LogP contribution < -0.4 is 0 Å². The van der Waals surface area contributed by atoms with E-state index in [4.69, 9.17) is 14.2 Å². The van der Waals surface area contributed by atoms with Gasteiger partial charge in [-0.3, -0.25) is 0 Å². The van der Waals surface area contributed by atoms with Crippen LogP contribution in [0.4, 0.5) is 0 Å². The Morgan fingerprint density at radius 1 is 0.467 bits per heavy atom. The second kappa shape index (κ2) is 12.5. The van der Waals surface area contributed by atoms with Crippen LogP contribution in [0.2, 0.25) is 0 Å². The zero-order valence-corrected chi connectivity index (χ0v) is 27.9. The average molecular weight is 603 g/mol. The molecule has 45 heavy (non-hydrogen) atoms. The SMILES string of the molecule is CC(C)(C)C(OCC1C[C@@H]2O[C@@H]2CC1COC(c1ccccc1)(c1ccccc1)C(C)(C)C)(c1ccccc1)c1ccccc1. The maximum atomic E-state index is 7.36. The molecular formula is C42H50O3. The van der Waals surface area contributed by atoms with Crippen LogP contribution in [0.5, 0.6) is 0 Å². The number of hydrogen-bond acceptors (Lipinski definition) is 3. The maximum absolute atomic E-state index is 7.36. The third kappa shape index (κ3) is 6.03. The van der Waals surface area contributed by atoms with E-state index in [0.29, 0.717) is 37.3 Å². The van der Waals surface area contributed by atoms with Crippen LogP contribution in [-0.2, 0) is 25.4 Å². The van der Waals surface area contributed by atoms with E-state index in [9.17, 15) is 0 Å². The van der Waals surface area contributed by atoms with E-state index in [1.54, 1.807) is 0 Å². The molecule has 6 rings (SSSR count). The smallest absolute Gasteiger partial charge is 0.123 e. The Morgan fingerprint density at radius 2 is 0.733 bits per heavy atom. The largest absolute Gasteiger partial charge is 0.370 e. The van der Waals surface area contributed by atoms with Crippen molar-refractivity contribution in [3.63, 3.8) is 0 Å². The van der Waals surface area contributed by atoms with Crippen molar-refractivity contribution >= 4 is 0 Å². The number of fused-ring (bicyclic) bond motifs is 1. The van der Waals surface area contributed by atoms with Gasteiger partial charge in [-0.25, -0.2) is 0 Å². The Kier molecular flexibility index (Phi) is 8.82. The third-order valence-electron chi connectivity index (χ3n) is 10.3. The molecule has 1 aliphatic heterocycles. The number of benzene rings is 4. The van der Waals surface area contributed by atoms with Gasteiger partial charge in [0, 0.05) is 0 Å². The lowest BCUT2D eigenvalue weighted by molar-refractivity contribution is -0.136. The Bertz CT molecular complexity index is 1310. The summed E-state index contributed by atoms with van der Waals surface area (Å²) < 4.78 is 20.9. The molecule has 0 amide bonds. The molecule has 3 nitrogen and oxygen atoms in total. The third-order valence-corrected chi connectivity index (χ3v) is 10.3. The minimum Gasteiger partial charge on any atom is -0.370 e. The number of epoxide rings is 1. The monoisotopic (exact) mass is 602 g/mol. The van der Waals surface area contributed by atoms with Gasteiger partial charge in [0.15, 0.2) is 0 Å². The van der Waals surface area contributed by atoms with Crippen LogP contribution >= 0.6 is 0 Å². The first-order chi connectivity index (χ1) is 21.6. The summed E-state index contributed by atoms with van der Waals surface area (Å²) in [7, 11) is 0. The van der Waals surface area contributed by atoms with Crippen molar-refractivity contribution < 1.29 is 14.2 Å². The molecule has 0 N–H and O–H groups in total. The molecular weight excluding hydrogens is 552 g/mol. The first kappa shape index (κ1) is 31.7. The van der Waals surface area contributed by atoms with Crippen LogP contribution in [-0.4, -0.2) is 25.4 Å². The second-order valence-corrected chi connectivity index (χ2v) is 15.2. The van der Waals surface area contributed by atoms with Crippen LogP contribution in [0.1, 0.15) is 76.6 Å². The lowest BCUT2D eigenvalue weighted by atomic mass is 9.67. The summed E-state index contributed by atoms with van der Waals surface area (Å²) in [6, 6.07) is 43.1. The van der Waals surface area contributed by atoms with E-state index in [0.717, 1.165) is 12.8 Å². The Balaban J connectivity index is 1.33. The van der Waals surface area contributed by atoms with Crippen LogP contribution in [0.3, 0.4) is 0 Å². The molecule has 1 saturated carbocycles. The highest BCUT2D eigenvalue weighted by Gasteiger charge is 2.53. The van der Waals surface area contributed by atoms with Gasteiger partial charge in [0.25, 0.3) is 0 Å². The molecule has 0 spiro atoms. The van der Waals surface area contributed by atoms with Gasteiger partial charge in [-0.15, -0.1) is 0 Å². The maximum Gasteiger partial charge on any atom is 0.123 e. The van der Waals surface area contributed by atoms with Gasteiger partial charge in [-0.2, -0.15) is 0 Å². The topological polar surface area (TPSA) is 31.0 Å². The Hall–Kier alpha value is -3.24. The van der Waals surface area contributed by atoms with Crippen molar-refractivity contribution in [3.8, 4) is 0 Å². The van der Waals surface area contributed by atoms with Crippen molar-refractivity contribution in [2.45, 2.75) is 77.8 Å². The summed E-state index contributed by atoms with van der Waals surface area (Å²) in [5.41, 5.74) is 3.14. The predicted molar refractivity (Wildman–Crippen MR) is 183 cm³/mol. The summed E-state index contributed by atoms with van der Waals surface area (Å²) in [4.78, 5) is 0. The van der Waals surface area contributed by atoms with Crippen molar-refractivity contribution in [2.75, 3.05) is 13.2 Å². The summed E-state index contributed by atoms with van der Waals surface area (Å²) in [6.07, 6.45) is 2.68. The molecule has 4 aromatic rings. The van der Waals surface area contributed by atoms with Gasteiger partial charge in [0.05, 0.1) is 25.4 Å². The van der Waals surface area contributed by atoms with Crippen LogP contribution in [0, 0.1) is 22.7 Å². The number of rotatable bonds is 10. The second-order valence-electron chi connectivity index (χ2n) is 15.2. The van der Waals surface area contributed by atoms with Crippen molar-refractivity contribution in [1.29, 1.82) is 0 Å². The van der Waals surface area contributed by atoms with Crippen molar-refractivity contribution in [3.05, 3.63) is 144 Å². The van der Waals surface area contributed by atoms with Gasteiger partial charge in [-0.1, -0.05) is 163 Å². The molecule has 4 atom stereocenters. The van der Waals surface area contributed by atoms with Crippen molar-refractivity contribution in [1.82, 2.24) is 0 Å². The molecule has 3 heteroatoms. The lowest BCUT2D eigenvalue weighted by Gasteiger charge is -2.48. The molecule has 236 valence electrons. The molecule has 0 radical (unpaired) electrons. The molecule has 1 aliphatic carbocycles. The quantitative estimate of drug-likeness (QED) is 0.169.